The molecule has 1 aliphatic carbocycles. The summed E-state index contributed by atoms with van der Waals surface area (Å²) in [4.78, 5) is 35.8. The fourth-order valence-electron chi connectivity index (χ4n) is 5.92. The summed E-state index contributed by atoms with van der Waals surface area (Å²) in [5.74, 6) is 0.248. The largest absolute Gasteiger partial charge is 0.416 e. The summed E-state index contributed by atoms with van der Waals surface area (Å²) >= 11 is 1.55. The minimum Gasteiger partial charge on any atom is -0.384 e. The molecule has 0 bridgehead atoms. The van der Waals surface area contributed by atoms with Crippen LogP contribution in [-0.4, -0.2) is 44.8 Å². The Labute approximate surface area is 235 Å². The van der Waals surface area contributed by atoms with Gasteiger partial charge in [-0.1, -0.05) is 12.1 Å². The lowest BCUT2D eigenvalue weighted by molar-refractivity contribution is -0.137. The van der Waals surface area contributed by atoms with Crippen LogP contribution >= 0.6 is 11.3 Å². The molecule has 3 heterocycles. The molecule has 3 aromatic rings. The van der Waals surface area contributed by atoms with Crippen LogP contribution in [0.1, 0.15) is 73.0 Å². The number of nitrogens with zero attached hydrogens (tertiary/aromatic N) is 3. The van der Waals surface area contributed by atoms with Crippen molar-refractivity contribution in [3.63, 3.8) is 0 Å². The van der Waals surface area contributed by atoms with Gasteiger partial charge in [0, 0.05) is 54.8 Å². The zero-order chi connectivity index (χ0) is 28.3. The average Bonchev–Trinajstić information content (AvgIpc) is 3.66. The number of carbonyl (C=O) groups excluding carboxylic acids is 2. The second-order valence-corrected chi connectivity index (χ2v) is 11.9. The first-order valence-electron chi connectivity index (χ1n) is 13.7. The van der Waals surface area contributed by atoms with Crippen LogP contribution < -0.4 is 0 Å². The maximum Gasteiger partial charge on any atom is 0.416 e. The van der Waals surface area contributed by atoms with E-state index in [9.17, 15) is 27.9 Å². The quantitative estimate of drug-likeness (QED) is 0.312. The molecule has 1 saturated carbocycles. The van der Waals surface area contributed by atoms with Gasteiger partial charge in [-0.05, 0) is 74.6 Å². The minimum atomic E-state index is -4.52. The molecule has 1 amide bonds. The Morgan fingerprint density at radius 1 is 1.05 bits per heavy atom. The van der Waals surface area contributed by atoms with Gasteiger partial charge in [0.2, 0.25) is 5.91 Å². The van der Waals surface area contributed by atoms with E-state index < -0.39 is 23.1 Å². The van der Waals surface area contributed by atoms with Crippen molar-refractivity contribution in [3.05, 3.63) is 71.0 Å². The lowest BCUT2D eigenvalue weighted by Crippen LogP contribution is -2.33. The normalized spacial score (nSPS) is 23.4. The molecule has 2 aromatic heterocycles. The van der Waals surface area contributed by atoms with Gasteiger partial charge in [0.25, 0.3) is 0 Å². The number of aliphatic hydroxyl groups is 1. The van der Waals surface area contributed by atoms with Crippen molar-refractivity contribution < 1.29 is 27.9 Å². The molecular weight excluding hydrogens is 539 g/mol. The van der Waals surface area contributed by atoms with E-state index in [0.717, 1.165) is 48.4 Å². The van der Waals surface area contributed by atoms with E-state index in [4.69, 9.17) is 0 Å². The molecule has 1 aliphatic heterocycles. The van der Waals surface area contributed by atoms with E-state index in [-0.39, 0.29) is 24.3 Å². The molecule has 2 aliphatic rings. The van der Waals surface area contributed by atoms with Gasteiger partial charge < -0.3 is 10.0 Å². The van der Waals surface area contributed by atoms with Crippen molar-refractivity contribution in [1.82, 2.24) is 14.9 Å². The third-order valence-electron chi connectivity index (χ3n) is 8.23. The molecule has 0 spiro atoms. The topological polar surface area (TPSA) is 83.4 Å². The Morgan fingerprint density at radius 3 is 2.52 bits per heavy atom. The molecule has 1 N–H and O–H groups in total. The van der Waals surface area contributed by atoms with Gasteiger partial charge in [-0.25, -0.2) is 4.98 Å². The van der Waals surface area contributed by atoms with Gasteiger partial charge in [-0.2, -0.15) is 13.2 Å². The summed E-state index contributed by atoms with van der Waals surface area (Å²) in [5.41, 5.74) is -0.180. The molecule has 10 heteroatoms. The van der Waals surface area contributed by atoms with Gasteiger partial charge in [0.05, 0.1) is 11.3 Å². The third-order valence-corrected chi connectivity index (χ3v) is 9.06. The standard InChI is InChI=1S/C30H32F3N3O3S/c31-30(32,33)24-3-1-2-22(17-24)25(37)5-7-27(38)36-14-10-21(19-36)16-20-8-11-29(39,12-9-20)26-6-4-23(18-35-26)28-34-13-15-40-28/h1-4,6,13,15,17-18,20-21,39H,5,7-12,14,16,19H2/t20?,21-,29?/m1/s1. The molecule has 2 fully saturated rings. The van der Waals surface area contributed by atoms with Crippen LogP contribution in [0.5, 0.6) is 0 Å². The second-order valence-electron chi connectivity index (χ2n) is 11.0. The molecule has 1 atom stereocenters. The van der Waals surface area contributed by atoms with Crippen molar-refractivity contribution in [1.29, 1.82) is 0 Å². The number of benzene rings is 1. The minimum absolute atomic E-state index is 0.00734. The molecule has 40 heavy (non-hydrogen) atoms. The first-order chi connectivity index (χ1) is 19.1. The number of Topliss-reactive ketones (excluding diaryl/α,β-unsaturated/α-hetero) is 1. The molecular formula is C30H32F3N3O3S. The Hall–Kier alpha value is -3.11. The first kappa shape index (κ1) is 28.4. The number of thiazole rings is 1. The SMILES string of the molecule is O=C(CCC(=O)N1CC[C@H](CC2CCC(O)(c3ccc(-c4nccs4)cn3)CC2)C1)c1cccc(C(F)(F)F)c1. The van der Waals surface area contributed by atoms with Crippen LogP contribution in [0.25, 0.3) is 10.6 Å². The Morgan fingerprint density at radius 2 is 1.85 bits per heavy atom. The van der Waals surface area contributed by atoms with Crippen LogP contribution in [0.3, 0.4) is 0 Å². The van der Waals surface area contributed by atoms with Crippen LogP contribution in [0.2, 0.25) is 0 Å². The first-order valence-corrected chi connectivity index (χ1v) is 14.6. The summed E-state index contributed by atoms with van der Waals surface area (Å²) in [5, 5.41) is 14.1. The van der Waals surface area contributed by atoms with Crippen molar-refractivity contribution in [2.45, 2.75) is 63.1 Å². The van der Waals surface area contributed by atoms with E-state index in [2.05, 4.69) is 9.97 Å². The maximum absolute atomic E-state index is 12.9. The smallest absolute Gasteiger partial charge is 0.384 e. The molecule has 0 radical (unpaired) electrons. The van der Waals surface area contributed by atoms with Gasteiger partial charge in [0.15, 0.2) is 5.78 Å². The van der Waals surface area contributed by atoms with Crippen molar-refractivity contribution >= 4 is 23.0 Å². The highest BCUT2D eigenvalue weighted by Crippen LogP contribution is 2.42. The Kier molecular flexibility index (Phi) is 8.37. The summed E-state index contributed by atoms with van der Waals surface area (Å²) in [6.45, 7) is 1.27. The summed E-state index contributed by atoms with van der Waals surface area (Å²) in [6, 6.07) is 8.20. The lowest BCUT2D eigenvalue weighted by atomic mass is 9.74. The second kappa shape index (κ2) is 11.8. The predicted molar refractivity (Wildman–Crippen MR) is 146 cm³/mol. The number of hydrogen-bond acceptors (Lipinski definition) is 6. The highest BCUT2D eigenvalue weighted by molar-refractivity contribution is 7.13. The van der Waals surface area contributed by atoms with Gasteiger partial charge >= 0.3 is 6.18 Å². The number of aromatic nitrogens is 2. The van der Waals surface area contributed by atoms with Crippen LogP contribution in [-0.2, 0) is 16.6 Å². The Bertz CT molecular complexity index is 1320. The number of amides is 1. The number of halogens is 3. The molecule has 0 unspecified atom stereocenters. The van der Waals surface area contributed by atoms with Crippen molar-refractivity contribution in [3.8, 4) is 10.6 Å². The predicted octanol–water partition coefficient (Wildman–Crippen LogP) is 6.50. The fraction of sp³-hybridized carbons (Fsp3) is 0.467. The van der Waals surface area contributed by atoms with Crippen LogP contribution in [0, 0.1) is 11.8 Å². The monoisotopic (exact) mass is 571 g/mol. The molecule has 1 saturated heterocycles. The van der Waals surface area contributed by atoms with Gasteiger partial charge in [0.1, 0.15) is 10.6 Å². The Balaban J connectivity index is 1.06. The van der Waals surface area contributed by atoms with Gasteiger partial charge in [-0.3, -0.25) is 14.6 Å². The van der Waals surface area contributed by atoms with E-state index in [1.165, 1.54) is 12.1 Å². The number of ketones is 1. The number of hydrogen-bond donors (Lipinski definition) is 1. The molecule has 1 aromatic carbocycles. The van der Waals surface area contributed by atoms with Gasteiger partial charge in [-0.15, -0.1) is 11.3 Å². The van der Waals surface area contributed by atoms with E-state index in [1.807, 2.05) is 17.5 Å². The molecule has 5 rings (SSSR count). The fourth-order valence-corrected chi connectivity index (χ4v) is 6.55. The number of alkyl halides is 3. The zero-order valence-corrected chi connectivity index (χ0v) is 22.9. The maximum atomic E-state index is 12.9. The van der Waals surface area contributed by atoms with E-state index >= 15 is 0 Å². The summed E-state index contributed by atoms with van der Waals surface area (Å²) in [6.07, 6.45) is 3.86. The number of likely N-dealkylation sites (tertiary alicyclic amines) is 1. The highest BCUT2D eigenvalue weighted by Gasteiger charge is 2.38. The van der Waals surface area contributed by atoms with E-state index in [1.54, 1.807) is 28.6 Å². The highest BCUT2D eigenvalue weighted by atomic mass is 32.1. The van der Waals surface area contributed by atoms with Crippen molar-refractivity contribution in [2.75, 3.05) is 13.1 Å². The van der Waals surface area contributed by atoms with Crippen LogP contribution in [0.15, 0.2) is 54.2 Å². The van der Waals surface area contributed by atoms with Crippen molar-refractivity contribution in [2.24, 2.45) is 11.8 Å². The molecule has 6 nitrogen and oxygen atoms in total. The number of rotatable bonds is 8. The third kappa shape index (κ3) is 6.61. The van der Waals surface area contributed by atoms with Crippen LogP contribution in [0.4, 0.5) is 13.2 Å². The average molecular weight is 572 g/mol. The van der Waals surface area contributed by atoms with E-state index in [0.29, 0.717) is 43.5 Å². The number of carbonyl (C=O) groups is 2. The lowest BCUT2D eigenvalue weighted by Gasteiger charge is -2.36. The number of pyridine rings is 1. The summed E-state index contributed by atoms with van der Waals surface area (Å²) < 4.78 is 38.8. The molecule has 212 valence electrons. The summed E-state index contributed by atoms with van der Waals surface area (Å²) in [7, 11) is 0. The zero-order valence-electron chi connectivity index (χ0n) is 22.1.